The normalized spacial score (nSPS) is 12.1. The molecule has 5 nitrogen and oxygen atoms in total. The average molecular weight is 292 g/mol. The van der Waals surface area contributed by atoms with Gasteiger partial charge in [0.2, 0.25) is 0 Å². The molecule has 0 radical (unpaired) electrons. The quantitative estimate of drug-likeness (QED) is 0.494. The van der Waals surface area contributed by atoms with E-state index in [1.807, 2.05) is 0 Å². The number of carbonyl (C=O) groups excluding carboxylic acids is 1. The summed E-state index contributed by atoms with van der Waals surface area (Å²) < 4.78 is 0. The number of rotatable bonds is 10. The lowest BCUT2D eigenvalue weighted by Crippen LogP contribution is -2.37. The minimum atomic E-state index is -0.476. The van der Waals surface area contributed by atoms with Crippen LogP contribution in [0.2, 0.25) is 0 Å². The summed E-state index contributed by atoms with van der Waals surface area (Å²) in [6, 6.07) is 8.35. The standard InChI is InChI=1S/C16H28N4O/c1-3-13(2)15-6-4-14(5-7-15)12-19-9-8-18-10-11-20-16(17)21/h4-7,13,18-19H,3,8-12H2,1-2H3,(H3,17,20,21). The summed E-state index contributed by atoms with van der Waals surface area (Å²) in [5, 5.41) is 9.15. The van der Waals surface area contributed by atoms with E-state index in [0.717, 1.165) is 26.2 Å². The van der Waals surface area contributed by atoms with Gasteiger partial charge in [0.25, 0.3) is 0 Å². The molecule has 0 bridgehead atoms. The van der Waals surface area contributed by atoms with Gasteiger partial charge >= 0.3 is 6.03 Å². The minimum Gasteiger partial charge on any atom is -0.352 e. The van der Waals surface area contributed by atoms with Crippen LogP contribution in [0.5, 0.6) is 0 Å². The summed E-state index contributed by atoms with van der Waals surface area (Å²) in [5.41, 5.74) is 7.68. The van der Waals surface area contributed by atoms with Crippen molar-refractivity contribution in [1.29, 1.82) is 0 Å². The fourth-order valence-corrected chi connectivity index (χ4v) is 2.01. The van der Waals surface area contributed by atoms with E-state index in [4.69, 9.17) is 5.73 Å². The van der Waals surface area contributed by atoms with Gasteiger partial charge in [0.1, 0.15) is 0 Å². The molecule has 1 rings (SSSR count). The number of carbonyl (C=O) groups is 1. The molecular weight excluding hydrogens is 264 g/mol. The molecule has 0 heterocycles. The molecular formula is C16H28N4O. The highest BCUT2D eigenvalue weighted by Gasteiger charge is 2.02. The molecule has 2 amide bonds. The molecule has 0 aliphatic rings. The molecule has 21 heavy (non-hydrogen) atoms. The maximum Gasteiger partial charge on any atom is 0.312 e. The van der Waals surface area contributed by atoms with Crippen molar-refractivity contribution in [3.05, 3.63) is 35.4 Å². The Kier molecular flexibility index (Phi) is 8.47. The highest BCUT2D eigenvalue weighted by Crippen LogP contribution is 2.18. The summed E-state index contributed by atoms with van der Waals surface area (Å²) in [6.45, 7) is 8.40. The lowest BCUT2D eigenvalue weighted by molar-refractivity contribution is 0.249. The van der Waals surface area contributed by atoms with Gasteiger partial charge in [-0.2, -0.15) is 0 Å². The number of hydrogen-bond acceptors (Lipinski definition) is 3. The van der Waals surface area contributed by atoms with E-state index in [0.29, 0.717) is 12.5 Å². The van der Waals surface area contributed by atoms with Crippen molar-refractivity contribution in [1.82, 2.24) is 16.0 Å². The van der Waals surface area contributed by atoms with Crippen molar-refractivity contribution in [2.75, 3.05) is 26.2 Å². The van der Waals surface area contributed by atoms with Crippen LogP contribution in [-0.4, -0.2) is 32.2 Å². The van der Waals surface area contributed by atoms with E-state index in [1.165, 1.54) is 17.5 Å². The predicted molar refractivity (Wildman–Crippen MR) is 87.3 cm³/mol. The van der Waals surface area contributed by atoms with Gasteiger partial charge in [0, 0.05) is 32.7 Å². The van der Waals surface area contributed by atoms with E-state index in [2.05, 4.69) is 54.1 Å². The predicted octanol–water partition coefficient (Wildman–Crippen LogP) is 1.55. The second-order valence-electron chi connectivity index (χ2n) is 5.27. The zero-order valence-electron chi connectivity index (χ0n) is 13.1. The van der Waals surface area contributed by atoms with Crippen molar-refractivity contribution in [2.45, 2.75) is 32.7 Å². The molecule has 0 saturated carbocycles. The van der Waals surface area contributed by atoms with Crippen molar-refractivity contribution < 1.29 is 4.79 Å². The SMILES string of the molecule is CCC(C)c1ccc(CNCCNCCNC(N)=O)cc1. The minimum absolute atomic E-state index is 0.476. The fraction of sp³-hybridized carbons (Fsp3) is 0.562. The Bertz CT molecular complexity index is 405. The molecule has 1 unspecified atom stereocenters. The monoisotopic (exact) mass is 292 g/mol. The molecule has 0 aliphatic heterocycles. The molecule has 5 N–H and O–H groups in total. The number of nitrogens with two attached hydrogens (primary N) is 1. The summed E-state index contributed by atoms with van der Waals surface area (Å²) >= 11 is 0. The Balaban J connectivity index is 2.09. The number of benzene rings is 1. The van der Waals surface area contributed by atoms with Crippen molar-refractivity contribution in [3.63, 3.8) is 0 Å². The molecule has 0 saturated heterocycles. The molecule has 0 fully saturated rings. The first-order valence-electron chi connectivity index (χ1n) is 7.67. The molecule has 118 valence electrons. The maximum absolute atomic E-state index is 10.4. The lowest BCUT2D eigenvalue weighted by Gasteiger charge is -2.10. The number of nitrogens with one attached hydrogen (secondary N) is 3. The first kappa shape index (κ1) is 17.5. The van der Waals surface area contributed by atoms with Crippen LogP contribution in [-0.2, 0) is 6.54 Å². The number of amides is 2. The van der Waals surface area contributed by atoms with Crippen LogP contribution >= 0.6 is 0 Å². The van der Waals surface area contributed by atoms with E-state index < -0.39 is 6.03 Å². The number of urea groups is 1. The number of hydrogen-bond donors (Lipinski definition) is 4. The summed E-state index contributed by atoms with van der Waals surface area (Å²) in [7, 11) is 0. The third-order valence-electron chi connectivity index (χ3n) is 3.57. The zero-order valence-corrected chi connectivity index (χ0v) is 13.1. The van der Waals surface area contributed by atoms with Gasteiger partial charge < -0.3 is 21.7 Å². The smallest absolute Gasteiger partial charge is 0.312 e. The summed E-state index contributed by atoms with van der Waals surface area (Å²) in [4.78, 5) is 10.4. The van der Waals surface area contributed by atoms with E-state index >= 15 is 0 Å². The fourth-order valence-electron chi connectivity index (χ4n) is 2.01. The second-order valence-corrected chi connectivity index (χ2v) is 5.27. The Morgan fingerprint density at radius 3 is 2.33 bits per heavy atom. The van der Waals surface area contributed by atoms with Gasteiger partial charge in [-0.25, -0.2) is 4.79 Å². The molecule has 5 heteroatoms. The van der Waals surface area contributed by atoms with Gasteiger partial charge in [0.05, 0.1) is 0 Å². The largest absolute Gasteiger partial charge is 0.352 e. The second kappa shape index (κ2) is 10.2. The number of primary amides is 1. The van der Waals surface area contributed by atoms with Crippen molar-refractivity contribution in [2.24, 2.45) is 5.73 Å². The van der Waals surface area contributed by atoms with E-state index in [1.54, 1.807) is 0 Å². The third kappa shape index (κ3) is 7.68. The van der Waals surface area contributed by atoms with E-state index in [9.17, 15) is 4.79 Å². The third-order valence-corrected chi connectivity index (χ3v) is 3.57. The summed E-state index contributed by atoms with van der Waals surface area (Å²) in [5.74, 6) is 0.630. The molecule has 1 aromatic rings. The van der Waals surface area contributed by atoms with Crippen LogP contribution in [0.1, 0.15) is 37.3 Å². The molecule has 1 atom stereocenters. The highest BCUT2D eigenvalue weighted by molar-refractivity contribution is 5.71. The van der Waals surface area contributed by atoms with Gasteiger partial charge in [-0.1, -0.05) is 38.1 Å². The van der Waals surface area contributed by atoms with Gasteiger partial charge in [-0.15, -0.1) is 0 Å². The van der Waals surface area contributed by atoms with Crippen molar-refractivity contribution in [3.8, 4) is 0 Å². The molecule has 1 aromatic carbocycles. The summed E-state index contributed by atoms with van der Waals surface area (Å²) in [6.07, 6.45) is 1.17. The van der Waals surface area contributed by atoms with Crippen LogP contribution in [0.4, 0.5) is 4.79 Å². The van der Waals surface area contributed by atoms with Crippen LogP contribution in [0.25, 0.3) is 0 Å². The van der Waals surface area contributed by atoms with Crippen LogP contribution in [0.15, 0.2) is 24.3 Å². The zero-order chi connectivity index (χ0) is 15.5. The Labute approximate surface area is 127 Å². The van der Waals surface area contributed by atoms with Gasteiger partial charge in [-0.3, -0.25) is 0 Å². The topological polar surface area (TPSA) is 79.2 Å². The van der Waals surface area contributed by atoms with Gasteiger partial charge in [-0.05, 0) is 23.5 Å². The Morgan fingerprint density at radius 2 is 1.71 bits per heavy atom. The van der Waals surface area contributed by atoms with Gasteiger partial charge in [0.15, 0.2) is 0 Å². The molecule has 0 spiro atoms. The van der Waals surface area contributed by atoms with Crippen molar-refractivity contribution >= 4 is 6.03 Å². The van der Waals surface area contributed by atoms with Crippen LogP contribution in [0, 0.1) is 0 Å². The first-order valence-corrected chi connectivity index (χ1v) is 7.67. The lowest BCUT2D eigenvalue weighted by atomic mass is 9.98. The van der Waals surface area contributed by atoms with Crippen LogP contribution in [0.3, 0.4) is 0 Å². The first-order chi connectivity index (χ1) is 10.1. The Hall–Kier alpha value is -1.59. The van der Waals surface area contributed by atoms with Crippen LogP contribution < -0.4 is 21.7 Å². The highest BCUT2D eigenvalue weighted by atomic mass is 16.2. The average Bonchev–Trinajstić information content (AvgIpc) is 2.49. The Morgan fingerprint density at radius 1 is 1.10 bits per heavy atom. The van der Waals surface area contributed by atoms with E-state index in [-0.39, 0.29) is 0 Å². The molecule has 0 aromatic heterocycles. The molecule has 0 aliphatic carbocycles. The maximum atomic E-state index is 10.4.